The third kappa shape index (κ3) is 5.19. The molecule has 0 unspecified atom stereocenters. The average Bonchev–Trinajstić information content (AvgIpc) is 3.42. The van der Waals surface area contributed by atoms with Crippen LogP contribution in [0, 0.1) is 13.8 Å². The number of nitrogens with zero attached hydrogens (tertiary/aromatic N) is 2. The van der Waals surface area contributed by atoms with Crippen LogP contribution in [0.15, 0.2) is 54.1 Å². The number of anilines is 1. The Morgan fingerprint density at radius 3 is 2.50 bits per heavy atom. The minimum absolute atomic E-state index is 0.0502. The quantitative estimate of drug-likeness (QED) is 0.123. The van der Waals surface area contributed by atoms with Crippen molar-refractivity contribution in [1.29, 1.82) is 0 Å². The first-order valence-electron chi connectivity index (χ1n) is 12.5. The third-order valence-corrected chi connectivity index (χ3v) is 7.35. The fourth-order valence-electron chi connectivity index (χ4n) is 4.29. The predicted octanol–water partition coefficient (Wildman–Crippen LogP) is 5.74. The molecule has 9 heteroatoms. The Morgan fingerprint density at radius 1 is 1.11 bits per heavy atom. The number of carbonyl (C=O) groups is 3. The van der Waals surface area contributed by atoms with E-state index in [1.165, 1.54) is 4.90 Å². The van der Waals surface area contributed by atoms with E-state index in [1.54, 1.807) is 56.3 Å². The van der Waals surface area contributed by atoms with Crippen LogP contribution in [0.4, 0.5) is 5.13 Å². The van der Waals surface area contributed by atoms with E-state index in [0.29, 0.717) is 29.2 Å². The van der Waals surface area contributed by atoms with Gasteiger partial charge in [0.25, 0.3) is 5.78 Å². The largest absolute Gasteiger partial charge is 0.507 e. The second-order valence-electron chi connectivity index (χ2n) is 8.89. The van der Waals surface area contributed by atoms with Crippen LogP contribution in [0.25, 0.3) is 5.76 Å². The second-order valence-corrected chi connectivity index (χ2v) is 9.87. The molecule has 2 heterocycles. The van der Waals surface area contributed by atoms with E-state index in [1.807, 2.05) is 13.0 Å². The zero-order chi connectivity index (χ0) is 27.4. The Labute approximate surface area is 225 Å². The average molecular weight is 535 g/mol. The van der Waals surface area contributed by atoms with Crippen molar-refractivity contribution in [2.24, 2.45) is 0 Å². The number of Topliss-reactive ketones (excluding diaryl/α,β-unsaturated/α-hetero) is 1. The molecule has 1 N–H and O–H groups in total. The first kappa shape index (κ1) is 27.1. The van der Waals surface area contributed by atoms with Crippen molar-refractivity contribution in [2.75, 3.05) is 18.1 Å². The lowest BCUT2D eigenvalue weighted by atomic mass is 9.95. The van der Waals surface area contributed by atoms with Crippen LogP contribution in [0.1, 0.15) is 64.8 Å². The lowest BCUT2D eigenvalue weighted by Gasteiger charge is -2.23. The lowest BCUT2D eigenvalue weighted by Crippen LogP contribution is -2.29. The van der Waals surface area contributed by atoms with Crippen LogP contribution >= 0.6 is 11.3 Å². The van der Waals surface area contributed by atoms with Crippen molar-refractivity contribution in [3.8, 4) is 5.75 Å². The highest BCUT2D eigenvalue weighted by Gasteiger charge is 2.48. The van der Waals surface area contributed by atoms with Gasteiger partial charge in [-0.25, -0.2) is 9.78 Å². The summed E-state index contributed by atoms with van der Waals surface area (Å²) >= 11 is 0.979. The summed E-state index contributed by atoms with van der Waals surface area (Å²) in [6.07, 6.45) is 1.94. The van der Waals surface area contributed by atoms with E-state index in [4.69, 9.17) is 9.47 Å². The van der Waals surface area contributed by atoms with E-state index in [2.05, 4.69) is 11.9 Å². The van der Waals surface area contributed by atoms with E-state index < -0.39 is 23.7 Å². The highest BCUT2D eigenvalue weighted by molar-refractivity contribution is 7.17. The van der Waals surface area contributed by atoms with Gasteiger partial charge in [0.2, 0.25) is 0 Å². The number of hydrogen-bond acceptors (Lipinski definition) is 8. The second kappa shape index (κ2) is 11.6. The Balaban J connectivity index is 1.81. The van der Waals surface area contributed by atoms with Crippen LogP contribution in [-0.2, 0) is 14.3 Å². The number of hydrogen-bond donors (Lipinski definition) is 1. The summed E-state index contributed by atoms with van der Waals surface area (Å²) in [5, 5.41) is 11.6. The van der Waals surface area contributed by atoms with Gasteiger partial charge >= 0.3 is 11.9 Å². The first-order valence-corrected chi connectivity index (χ1v) is 13.3. The zero-order valence-corrected chi connectivity index (χ0v) is 22.6. The van der Waals surface area contributed by atoms with Gasteiger partial charge < -0.3 is 14.6 Å². The van der Waals surface area contributed by atoms with Gasteiger partial charge in [0.05, 0.1) is 30.5 Å². The molecule has 198 valence electrons. The predicted molar refractivity (Wildman–Crippen MR) is 146 cm³/mol. The molecule has 3 aromatic rings. The molecule has 1 aliphatic rings. The number of carbonyl (C=O) groups excluding carboxylic acids is 3. The summed E-state index contributed by atoms with van der Waals surface area (Å²) in [4.78, 5) is 45.1. The smallest absolute Gasteiger partial charge is 0.350 e. The molecular weight excluding hydrogens is 504 g/mol. The first-order chi connectivity index (χ1) is 18.3. The van der Waals surface area contributed by atoms with Crippen LogP contribution < -0.4 is 9.64 Å². The number of aromatic nitrogens is 1. The standard InChI is InChI=1S/C29H30N2O6S/c1-5-7-15-37-21-14-13-20(16-17(21)3)24(32)22-23(19-11-9-8-10-12-19)31(27(34)25(22)33)29-30-18(4)26(38-29)28(35)36-6-2/h8-14,16,23,32H,5-7,15H2,1-4H3/b24-22+/t23-/m0/s1. The summed E-state index contributed by atoms with van der Waals surface area (Å²) in [6, 6.07) is 13.2. The van der Waals surface area contributed by atoms with E-state index >= 15 is 0 Å². The van der Waals surface area contributed by atoms with Gasteiger partial charge in [0, 0.05) is 5.56 Å². The number of aryl methyl sites for hydroxylation is 2. The molecular formula is C29H30N2O6S. The number of ketones is 1. The number of amides is 1. The maximum absolute atomic E-state index is 13.4. The molecule has 2 aromatic carbocycles. The lowest BCUT2D eigenvalue weighted by molar-refractivity contribution is -0.132. The molecule has 0 saturated carbocycles. The fraction of sp³-hybridized carbons (Fsp3) is 0.310. The Hall–Kier alpha value is -3.98. The van der Waals surface area contributed by atoms with Crippen LogP contribution in [0.5, 0.6) is 5.75 Å². The SMILES string of the molecule is CCCCOc1ccc(/C(O)=C2\C(=O)C(=O)N(c3nc(C)c(C(=O)OCC)s3)[C@H]2c2ccccc2)cc1C. The number of esters is 1. The summed E-state index contributed by atoms with van der Waals surface area (Å²) in [6.45, 7) is 8.08. The molecule has 1 atom stereocenters. The molecule has 0 aliphatic carbocycles. The molecule has 0 bridgehead atoms. The molecule has 0 radical (unpaired) electrons. The van der Waals surface area contributed by atoms with Gasteiger partial charge in [-0.2, -0.15) is 0 Å². The highest BCUT2D eigenvalue weighted by atomic mass is 32.1. The summed E-state index contributed by atoms with van der Waals surface area (Å²) in [5.74, 6) is -1.80. The Kier molecular flexibility index (Phi) is 8.26. The summed E-state index contributed by atoms with van der Waals surface area (Å²) < 4.78 is 10.9. The van der Waals surface area contributed by atoms with Crippen molar-refractivity contribution < 1.29 is 29.0 Å². The van der Waals surface area contributed by atoms with E-state index in [0.717, 1.165) is 29.7 Å². The van der Waals surface area contributed by atoms with Crippen LogP contribution in [0.3, 0.4) is 0 Å². The maximum atomic E-state index is 13.4. The molecule has 38 heavy (non-hydrogen) atoms. The molecule has 1 amide bonds. The van der Waals surface area contributed by atoms with Crippen LogP contribution in [-0.4, -0.2) is 41.0 Å². The summed E-state index contributed by atoms with van der Waals surface area (Å²) in [7, 11) is 0. The number of benzene rings is 2. The maximum Gasteiger partial charge on any atom is 0.350 e. The number of rotatable bonds is 9. The van der Waals surface area contributed by atoms with E-state index in [-0.39, 0.29) is 27.9 Å². The van der Waals surface area contributed by atoms with Gasteiger partial charge in [-0.3, -0.25) is 14.5 Å². The van der Waals surface area contributed by atoms with Gasteiger partial charge in [0.15, 0.2) is 5.13 Å². The summed E-state index contributed by atoms with van der Waals surface area (Å²) in [5.41, 5.74) is 2.16. The number of unbranched alkanes of at least 4 members (excludes halogenated alkanes) is 1. The third-order valence-electron chi connectivity index (χ3n) is 6.22. The molecule has 1 aromatic heterocycles. The molecule has 1 aliphatic heterocycles. The molecule has 8 nitrogen and oxygen atoms in total. The number of thiazole rings is 1. The number of aliphatic hydroxyl groups is 1. The Bertz CT molecular complexity index is 1400. The van der Waals surface area contributed by atoms with Crippen LogP contribution in [0.2, 0.25) is 0 Å². The zero-order valence-electron chi connectivity index (χ0n) is 21.8. The topological polar surface area (TPSA) is 106 Å². The number of ether oxygens (including phenoxy) is 2. The van der Waals surface area contributed by atoms with Crippen molar-refractivity contribution in [1.82, 2.24) is 4.98 Å². The molecule has 1 fully saturated rings. The molecule has 1 saturated heterocycles. The highest BCUT2D eigenvalue weighted by Crippen LogP contribution is 2.44. The van der Waals surface area contributed by atoms with Gasteiger partial charge in [0.1, 0.15) is 16.4 Å². The van der Waals surface area contributed by atoms with E-state index in [9.17, 15) is 19.5 Å². The minimum atomic E-state index is -0.933. The van der Waals surface area contributed by atoms with Crippen molar-refractivity contribution in [3.05, 3.63) is 81.4 Å². The molecule has 0 spiro atoms. The monoisotopic (exact) mass is 534 g/mol. The normalized spacial score (nSPS) is 16.6. The minimum Gasteiger partial charge on any atom is -0.507 e. The van der Waals surface area contributed by atoms with Crippen molar-refractivity contribution >= 4 is 39.9 Å². The van der Waals surface area contributed by atoms with Gasteiger partial charge in [-0.15, -0.1) is 0 Å². The Morgan fingerprint density at radius 2 is 1.84 bits per heavy atom. The molecule has 4 rings (SSSR count). The van der Waals surface area contributed by atoms with Crippen molar-refractivity contribution in [2.45, 2.75) is 46.6 Å². The van der Waals surface area contributed by atoms with Crippen molar-refractivity contribution in [3.63, 3.8) is 0 Å². The van der Waals surface area contributed by atoms with Gasteiger partial charge in [-0.1, -0.05) is 55.0 Å². The number of aliphatic hydroxyl groups excluding tert-OH is 1. The van der Waals surface area contributed by atoms with Gasteiger partial charge in [-0.05, 0) is 56.5 Å². The fourth-order valence-corrected chi connectivity index (χ4v) is 5.28.